The van der Waals surface area contributed by atoms with Crippen molar-refractivity contribution in [2.75, 3.05) is 33.6 Å². The van der Waals surface area contributed by atoms with E-state index in [0.29, 0.717) is 22.9 Å². The molecule has 0 fully saturated rings. The number of carbonyl (C=O) groups excluding carboxylic acids is 1. The predicted octanol–water partition coefficient (Wildman–Crippen LogP) is 4.62. The molecule has 0 radical (unpaired) electrons. The molecule has 1 amide bonds. The quantitative estimate of drug-likeness (QED) is 0.557. The number of amides is 1. The van der Waals surface area contributed by atoms with E-state index in [1.54, 1.807) is 20.3 Å². The number of ether oxygens (including phenoxy) is 2. The Kier molecular flexibility index (Phi) is 6.23. The molecular formula is C26H27N3O3. The van der Waals surface area contributed by atoms with Gasteiger partial charge >= 0.3 is 0 Å². The van der Waals surface area contributed by atoms with Gasteiger partial charge in [-0.3, -0.25) is 9.79 Å². The number of nitrogens with one attached hydrogen (secondary N) is 1. The average Bonchev–Trinajstić information content (AvgIpc) is 3.11. The van der Waals surface area contributed by atoms with Crippen LogP contribution in [-0.2, 0) is 11.3 Å². The maximum absolute atomic E-state index is 13.2. The molecule has 164 valence electrons. The second-order valence-electron chi connectivity index (χ2n) is 7.99. The van der Waals surface area contributed by atoms with E-state index in [1.165, 1.54) is 0 Å². The van der Waals surface area contributed by atoms with Crippen LogP contribution in [0, 0.1) is 0 Å². The number of hydrogen-bond acceptors (Lipinski definition) is 5. The Morgan fingerprint density at radius 1 is 0.969 bits per heavy atom. The highest BCUT2D eigenvalue weighted by Crippen LogP contribution is 2.42. The normalized spacial score (nSPS) is 15.5. The van der Waals surface area contributed by atoms with Gasteiger partial charge in [-0.15, -0.1) is 0 Å². The summed E-state index contributed by atoms with van der Waals surface area (Å²) in [6.07, 6.45) is 0. The van der Waals surface area contributed by atoms with E-state index in [9.17, 15) is 4.79 Å². The molecule has 0 saturated heterocycles. The van der Waals surface area contributed by atoms with E-state index in [1.807, 2.05) is 62.6 Å². The minimum atomic E-state index is -0.565. The number of nitrogens with zero attached hydrogens (tertiary/aromatic N) is 2. The van der Waals surface area contributed by atoms with E-state index < -0.39 is 5.92 Å². The van der Waals surface area contributed by atoms with Gasteiger partial charge in [-0.2, -0.15) is 0 Å². The van der Waals surface area contributed by atoms with E-state index in [2.05, 4.69) is 22.3 Å². The molecule has 3 aromatic rings. The summed E-state index contributed by atoms with van der Waals surface area (Å²) < 4.78 is 10.9. The van der Waals surface area contributed by atoms with Gasteiger partial charge in [0.2, 0.25) is 5.91 Å². The lowest BCUT2D eigenvalue weighted by Gasteiger charge is -2.16. The maximum Gasteiger partial charge on any atom is 0.238 e. The molecule has 4 rings (SSSR count). The van der Waals surface area contributed by atoms with Crippen LogP contribution in [0.5, 0.6) is 11.5 Å². The summed E-state index contributed by atoms with van der Waals surface area (Å²) in [5.41, 5.74) is 5.09. The predicted molar refractivity (Wildman–Crippen MR) is 127 cm³/mol. The summed E-state index contributed by atoms with van der Waals surface area (Å²) >= 11 is 0. The van der Waals surface area contributed by atoms with Crippen LogP contribution in [0.25, 0.3) is 0 Å². The third-order valence-corrected chi connectivity index (χ3v) is 5.39. The number of fused-ring (bicyclic) bond motifs is 1. The fourth-order valence-corrected chi connectivity index (χ4v) is 3.99. The van der Waals surface area contributed by atoms with Crippen molar-refractivity contribution in [3.8, 4) is 11.5 Å². The Morgan fingerprint density at radius 3 is 2.38 bits per heavy atom. The van der Waals surface area contributed by atoms with E-state index in [0.717, 1.165) is 28.9 Å². The SMILES string of the molecule is COc1cc2c(cc1OC)C(C(=Nc1cccc(CN(C)C)c1)c1ccccc1)C(=O)N2. The number of hydrogen-bond donors (Lipinski definition) is 1. The van der Waals surface area contributed by atoms with Crippen molar-refractivity contribution in [3.63, 3.8) is 0 Å². The molecule has 0 spiro atoms. The molecule has 0 aliphatic carbocycles. The standard InChI is InChI=1S/C26H27N3O3/c1-29(2)16-17-9-8-12-19(13-17)27-25(18-10-6-5-7-11-18)24-20-14-22(31-3)23(32-4)15-21(20)28-26(24)30/h5-15,24H,16H2,1-4H3,(H,28,30). The smallest absolute Gasteiger partial charge is 0.238 e. The van der Waals surface area contributed by atoms with Gasteiger partial charge in [0.05, 0.1) is 25.6 Å². The Hall–Kier alpha value is -3.64. The molecule has 0 saturated carbocycles. The van der Waals surface area contributed by atoms with Crippen LogP contribution in [0.2, 0.25) is 0 Å². The molecule has 1 aliphatic heterocycles. The topological polar surface area (TPSA) is 63.2 Å². The van der Waals surface area contributed by atoms with Crippen LogP contribution in [0.3, 0.4) is 0 Å². The van der Waals surface area contributed by atoms with Gasteiger partial charge in [0, 0.05) is 18.3 Å². The Balaban J connectivity index is 1.85. The molecule has 1 unspecified atom stereocenters. The second-order valence-corrected chi connectivity index (χ2v) is 7.99. The lowest BCUT2D eigenvalue weighted by molar-refractivity contribution is -0.115. The molecule has 6 heteroatoms. The molecule has 1 atom stereocenters. The van der Waals surface area contributed by atoms with Gasteiger partial charge in [-0.25, -0.2) is 0 Å². The highest BCUT2D eigenvalue weighted by Gasteiger charge is 2.36. The summed E-state index contributed by atoms with van der Waals surface area (Å²) in [6, 6.07) is 21.6. The van der Waals surface area contributed by atoms with E-state index >= 15 is 0 Å². The number of anilines is 1. The number of carbonyl (C=O) groups is 1. The minimum Gasteiger partial charge on any atom is -0.493 e. The first kappa shape index (κ1) is 21.6. The van der Waals surface area contributed by atoms with Gasteiger partial charge in [-0.05, 0) is 49.0 Å². The van der Waals surface area contributed by atoms with E-state index in [-0.39, 0.29) is 5.91 Å². The van der Waals surface area contributed by atoms with Crippen molar-refractivity contribution in [2.45, 2.75) is 12.5 Å². The van der Waals surface area contributed by atoms with Gasteiger partial charge in [0.1, 0.15) is 5.92 Å². The summed E-state index contributed by atoms with van der Waals surface area (Å²) in [7, 11) is 7.24. The first-order valence-corrected chi connectivity index (χ1v) is 10.4. The number of methoxy groups -OCH3 is 2. The summed E-state index contributed by atoms with van der Waals surface area (Å²) in [5, 5.41) is 2.99. The van der Waals surface area contributed by atoms with Gasteiger partial charge in [-0.1, -0.05) is 42.5 Å². The van der Waals surface area contributed by atoms with Crippen molar-refractivity contribution >= 4 is 23.0 Å². The van der Waals surface area contributed by atoms with Gasteiger partial charge in [0.25, 0.3) is 0 Å². The highest BCUT2D eigenvalue weighted by molar-refractivity contribution is 6.24. The summed E-state index contributed by atoms with van der Waals surface area (Å²) in [5.74, 6) is 0.460. The van der Waals surface area contributed by atoms with Crippen LogP contribution < -0.4 is 14.8 Å². The molecule has 0 aromatic heterocycles. The number of benzene rings is 3. The Bertz CT molecular complexity index is 1160. The monoisotopic (exact) mass is 429 g/mol. The molecule has 1 aliphatic rings. The minimum absolute atomic E-state index is 0.123. The Labute approximate surface area is 188 Å². The lowest BCUT2D eigenvalue weighted by atomic mass is 9.90. The zero-order valence-corrected chi connectivity index (χ0v) is 18.8. The Morgan fingerprint density at radius 2 is 1.69 bits per heavy atom. The summed E-state index contributed by atoms with van der Waals surface area (Å²) in [6.45, 7) is 0.813. The first-order valence-electron chi connectivity index (χ1n) is 10.4. The fraction of sp³-hybridized carbons (Fsp3) is 0.231. The van der Waals surface area contributed by atoms with Gasteiger partial charge in [0.15, 0.2) is 11.5 Å². The second kappa shape index (κ2) is 9.24. The van der Waals surface area contributed by atoms with Crippen LogP contribution in [0.4, 0.5) is 11.4 Å². The lowest BCUT2D eigenvalue weighted by Crippen LogP contribution is -2.22. The molecule has 1 N–H and O–H groups in total. The third-order valence-electron chi connectivity index (χ3n) is 5.39. The largest absolute Gasteiger partial charge is 0.493 e. The molecular weight excluding hydrogens is 402 g/mol. The van der Waals surface area contributed by atoms with Crippen LogP contribution >= 0.6 is 0 Å². The van der Waals surface area contributed by atoms with Crippen molar-refractivity contribution in [1.82, 2.24) is 4.90 Å². The highest BCUT2D eigenvalue weighted by atomic mass is 16.5. The van der Waals surface area contributed by atoms with Gasteiger partial charge < -0.3 is 19.7 Å². The first-order chi connectivity index (χ1) is 15.5. The van der Waals surface area contributed by atoms with Crippen LogP contribution in [0.15, 0.2) is 71.7 Å². The number of rotatable bonds is 7. The van der Waals surface area contributed by atoms with Crippen LogP contribution in [0.1, 0.15) is 22.6 Å². The molecule has 32 heavy (non-hydrogen) atoms. The maximum atomic E-state index is 13.2. The zero-order valence-electron chi connectivity index (χ0n) is 18.8. The van der Waals surface area contributed by atoms with Crippen molar-refractivity contribution < 1.29 is 14.3 Å². The molecule has 6 nitrogen and oxygen atoms in total. The molecule has 1 heterocycles. The zero-order chi connectivity index (χ0) is 22.7. The molecule has 0 bridgehead atoms. The average molecular weight is 430 g/mol. The van der Waals surface area contributed by atoms with E-state index in [4.69, 9.17) is 14.5 Å². The number of aliphatic imine (C=N–C) groups is 1. The fourth-order valence-electron chi connectivity index (χ4n) is 3.99. The van der Waals surface area contributed by atoms with Crippen molar-refractivity contribution in [3.05, 3.63) is 83.4 Å². The van der Waals surface area contributed by atoms with Crippen molar-refractivity contribution in [1.29, 1.82) is 0 Å². The third kappa shape index (κ3) is 4.36. The summed E-state index contributed by atoms with van der Waals surface area (Å²) in [4.78, 5) is 20.3. The van der Waals surface area contributed by atoms with Crippen LogP contribution in [-0.4, -0.2) is 44.8 Å². The van der Waals surface area contributed by atoms with Crippen molar-refractivity contribution in [2.24, 2.45) is 4.99 Å². The molecule has 3 aromatic carbocycles.